The molecule has 2 fully saturated rings. The highest BCUT2D eigenvalue weighted by Crippen LogP contribution is 2.63. The van der Waals surface area contributed by atoms with Gasteiger partial charge in [-0.3, -0.25) is 4.79 Å². The van der Waals surface area contributed by atoms with E-state index in [0.29, 0.717) is 17.9 Å². The first-order chi connectivity index (χ1) is 12.6. The van der Waals surface area contributed by atoms with Gasteiger partial charge in [0.15, 0.2) is 0 Å². The number of rotatable bonds is 2. The minimum absolute atomic E-state index is 0.0951. The molecule has 0 spiro atoms. The van der Waals surface area contributed by atoms with Crippen molar-refractivity contribution in [3.8, 4) is 0 Å². The number of benzene rings is 2. The van der Waals surface area contributed by atoms with Crippen molar-refractivity contribution in [2.24, 2.45) is 17.8 Å². The fourth-order valence-electron chi connectivity index (χ4n) is 5.87. The van der Waals surface area contributed by atoms with E-state index < -0.39 is 0 Å². The summed E-state index contributed by atoms with van der Waals surface area (Å²) in [5.41, 5.74) is 4.81. The summed E-state index contributed by atoms with van der Waals surface area (Å²) in [6, 6.07) is 17.6. The third kappa shape index (κ3) is 2.29. The second kappa shape index (κ2) is 5.87. The average molecular weight is 346 g/mol. The molecule has 5 atom stereocenters. The quantitative estimate of drug-likeness (QED) is 0.856. The van der Waals surface area contributed by atoms with Crippen LogP contribution in [0.5, 0.6) is 0 Å². The number of carbonyl (C=O) groups is 1. The Hall–Kier alpha value is -2.29. The SMILES string of the molecule is CN(C)C(=O)c1ccc2c(c1)[C@@H]1[C@H]3CC[C@@H](C3)[C@@H]1[C@@H](c1ccccc1)N2. The summed E-state index contributed by atoms with van der Waals surface area (Å²) in [4.78, 5) is 14.1. The highest BCUT2D eigenvalue weighted by Gasteiger charge is 2.53. The standard InChI is InChI=1S/C23H26N2O/c1-25(2)23(26)17-10-11-19-18(13-17)20-15-8-9-16(12-15)21(20)22(24-19)14-6-4-3-5-7-14/h3-7,10-11,13,15-16,20-22,24H,8-9,12H2,1-2H3/t15-,16-,20-,21-,22+/m0/s1. The van der Waals surface area contributed by atoms with Gasteiger partial charge in [0.05, 0.1) is 6.04 Å². The number of hydrogen-bond donors (Lipinski definition) is 1. The lowest BCUT2D eigenvalue weighted by Gasteiger charge is -2.43. The zero-order valence-corrected chi connectivity index (χ0v) is 15.5. The number of anilines is 1. The fraction of sp³-hybridized carbons (Fsp3) is 0.435. The summed E-state index contributed by atoms with van der Waals surface area (Å²) in [5.74, 6) is 2.92. The molecule has 0 unspecified atom stereocenters. The van der Waals surface area contributed by atoms with E-state index in [-0.39, 0.29) is 5.91 Å². The molecule has 0 saturated heterocycles. The van der Waals surface area contributed by atoms with Crippen molar-refractivity contribution in [3.05, 3.63) is 65.2 Å². The summed E-state index contributed by atoms with van der Waals surface area (Å²) < 4.78 is 0. The van der Waals surface area contributed by atoms with Crippen molar-refractivity contribution in [1.29, 1.82) is 0 Å². The van der Waals surface area contributed by atoms with Crippen LogP contribution in [0.15, 0.2) is 48.5 Å². The van der Waals surface area contributed by atoms with Crippen LogP contribution in [-0.2, 0) is 0 Å². The first-order valence-electron chi connectivity index (χ1n) is 9.80. The van der Waals surface area contributed by atoms with E-state index in [1.807, 2.05) is 20.2 Å². The van der Waals surface area contributed by atoms with E-state index in [1.165, 1.54) is 36.1 Å². The van der Waals surface area contributed by atoms with Crippen LogP contribution in [0.25, 0.3) is 0 Å². The Kier molecular flexibility index (Phi) is 3.59. The minimum atomic E-state index is 0.0951. The summed E-state index contributed by atoms with van der Waals surface area (Å²) >= 11 is 0. The van der Waals surface area contributed by atoms with E-state index in [4.69, 9.17) is 0 Å². The Labute approximate surface area is 155 Å². The summed E-state index contributed by atoms with van der Waals surface area (Å²) in [7, 11) is 3.65. The van der Waals surface area contributed by atoms with Crippen molar-refractivity contribution in [2.75, 3.05) is 19.4 Å². The fourth-order valence-corrected chi connectivity index (χ4v) is 5.87. The van der Waals surface area contributed by atoms with Crippen molar-refractivity contribution in [3.63, 3.8) is 0 Å². The van der Waals surface area contributed by atoms with Crippen molar-refractivity contribution >= 4 is 11.6 Å². The van der Waals surface area contributed by atoms with Gasteiger partial charge in [0.25, 0.3) is 5.91 Å². The van der Waals surface area contributed by atoms with Gasteiger partial charge in [0.2, 0.25) is 0 Å². The van der Waals surface area contributed by atoms with E-state index in [1.54, 1.807) is 4.90 Å². The maximum atomic E-state index is 12.5. The van der Waals surface area contributed by atoms with Crippen LogP contribution in [0, 0.1) is 17.8 Å². The highest BCUT2D eigenvalue weighted by molar-refractivity contribution is 5.94. The van der Waals surface area contributed by atoms with Crippen LogP contribution < -0.4 is 5.32 Å². The molecule has 134 valence electrons. The Morgan fingerprint density at radius 1 is 1.04 bits per heavy atom. The smallest absolute Gasteiger partial charge is 0.253 e. The molecular formula is C23H26N2O. The maximum Gasteiger partial charge on any atom is 0.253 e. The predicted octanol–water partition coefficient (Wildman–Crippen LogP) is 4.68. The molecular weight excluding hydrogens is 320 g/mol. The molecule has 3 aliphatic rings. The third-order valence-corrected chi connectivity index (χ3v) is 6.90. The van der Waals surface area contributed by atoms with Gasteiger partial charge in [-0.15, -0.1) is 0 Å². The Morgan fingerprint density at radius 2 is 1.81 bits per heavy atom. The number of amides is 1. The van der Waals surface area contributed by atoms with Gasteiger partial charge in [-0.2, -0.15) is 0 Å². The molecule has 2 saturated carbocycles. The summed E-state index contributed by atoms with van der Waals surface area (Å²) in [5, 5.41) is 3.84. The van der Waals surface area contributed by atoms with E-state index in [9.17, 15) is 4.79 Å². The number of carbonyl (C=O) groups excluding carboxylic acids is 1. The second-order valence-electron chi connectivity index (χ2n) is 8.47. The van der Waals surface area contributed by atoms with Crippen LogP contribution in [0.3, 0.4) is 0 Å². The topological polar surface area (TPSA) is 32.3 Å². The van der Waals surface area contributed by atoms with Crippen LogP contribution >= 0.6 is 0 Å². The van der Waals surface area contributed by atoms with Gasteiger partial charge in [0, 0.05) is 25.3 Å². The number of hydrogen-bond acceptors (Lipinski definition) is 2. The van der Waals surface area contributed by atoms with Crippen molar-refractivity contribution in [2.45, 2.75) is 31.2 Å². The van der Waals surface area contributed by atoms with Gasteiger partial charge in [0.1, 0.15) is 0 Å². The molecule has 0 aromatic heterocycles. The highest BCUT2D eigenvalue weighted by atomic mass is 16.2. The lowest BCUT2D eigenvalue weighted by molar-refractivity contribution is 0.0827. The Morgan fingerprint density at radius 3 is 2.58 bits per heavy atom. The van der Waals surface area contributed by atoms with Gasteiger partial charge in [-0.05, 0) is 72.3 Å². The largest absolute Gasteiger partial charge is 0.378 e. The number of nitrogens with zero attached hydrogens (tertiary/aromatic N) is 1. The first-order valence-corrected chi connectivity index (χ1v) is 9.80. The normalized spacial score (nSPS) is 31.1. The average Bonchev–Trinajstić information content (AvgIpc) is 3.29. The van der Waals surface area contributed by atoms with Crippen LogP contribution in [0.1, 0.15) is 52.7 Å². The van der Waals surface area contributed by atoms with Gasteiger partial charge in [-0.1, -0.05) is 30.3 Å². The van der Waals surface area contributed by atoms with E-state index in [2.05, 4.69) is 47.8 Å². The predicted molar refractivity (Wildman–Crippen MR) is 104 cm³/mol. The molecule has 1 amide bonds. The van der Waals surface area contributed by atoms with Gasteiger partial charge in [-0.25, -0.2) is 0 Å². The molecule has 3 nitrogen and oxygen atoms in total. The molecule has 2 aromatic carbocycles. The third-order valence-electron chi connectivity index (χ3n) is 6.90. The number of fused-ring (bicyclic) bond motifs is 7. The summed E-state index contributed by atoms with van der Waals surface area (Å²) in [6.45, 7) is 0. The van der Waals surface area contributed by atoms with E-state index in [0.717, 1.165) is 17.4 Å². The molecule has 1 N–H and O–H groups in total. The minimum Gasteiger partial charge on any atom is -0.378 e. The van der Waals surface area contributed by atoms with E-state index >= 15 is 0 Å². The molecule has 26 heavy (non-hydrogen) atoms. The molecule has 3 heteroatoms. The Bertz CT molecular complexity index is 845. The van der Waals surface area contributed by atoms with Crippen LogP contribution in [-0.4, -0.2) is 24.9 Å². The molecule has 1 heterocycles. The first kappa shape index (κ1) is 15.9. The molecule has 0 radical (unpaired) electrons. The zero-order valence-electron chi connectivity index (χ0n) is 15.5. The molecule has 2 aliphatic carbocycles. The molecule has 5 rings (SSSR count). The zero-order chi connectivity index (χ0) is 17.8. The van der Waals surface area contributed by atoms with Crippen molar-refractivity contribution in [1.82, 2.24) is 4.90 Å². The maximum absolute atomic E-state index is 12.5. The number of nitrogens with one attached hydrogen (secondary N) is 1. The van der Waals surface area contributed by atoms with Crippen LogP contribution in [0.2, 0.25) is 0 Å². The Balaban J connectivity index is 1.60. The monoisotopic (exact) mass is 346 g/mol. The van der Waals surface area contributed by atoms with Crippen molar-refractivity contribution < 1.29 is 4.79 Å². The second-order valence-corrected chi connectivity index (χ2v) is 8.47. The lowest BCUT2D eigenvalue weighted by atomic mass is 9.68. The molecule has 2 aromatic rings. The lowest BCUT2D eigenvalue weighted by Crippen LogP contribution is -2.35. The van der Waals surface area contributed by atoms with Gasteiger partial charge >= 0.3 is 0 Å². The summed E-state index contributed by atoms with van der Waals surface area (Å²) in [6.07, 6.45) is 4.06. The molecule has 2 bridgehead atoms. The van der Waals surface area contributed by atoms with Crippen LogP contribution in [0.4, 0.5) is 5.69 Å². The molecule has 1 aliphatic heterocycles. The van der Waals surface area contributed by atoms with Gasteiger partial charge < -0.3 is 10.2 Å².